The van der Waals surface area contributed by atoms with Crippen LogP contribution in [0.15, 0.2) is 102 Å². The average molecular weight is 720 g/mol. The predicted molar refractivity (Wildman–Crippen MR) is 172 cm³/mol. The first-order chi connectivity index (χ1) is 23.6. The van der Waals surface area contributed by atoms with E-state index < -0.39 is 92.8 Å². The number of alkyl carbamates (subject to hydrolysis) is 1. The molecule has 0 aliphatic heterocycles. The molecule has 268 valence electrons. The number of nitrogens with zero attached hydrogens (tertiary/aromatic N) is 2. The van der Waals surface area contributed by atoms with Gasteiger partial charge in [0.25, 0.3) is 15.7 Å². The number of carbonyl (C=O) groups is 3. The van der Waals surface area contributed by atoms with Crippen molar-refractivity contribution in [1.82, 2.24) is 14.9 Å². The molecule has 13 nitrogen and oxygen atoms in total. The third-order valence-corrected chi connectivity index (χ3v) is 9.26. The quantitative estimate of drug-likeness (QED) is 0.125. The number of carboxylic acid groups (broad SMARTS) is 1. The van der Waals surface area contributed by atoms with Crippen molar-refractivity contribution in [2.45, 2.75) is 55.3 Å². The van der Waals surface area contributed by atoms with Gasteiger partial charge < -0.3 is 25.3 Å². The molecule has 3 aromatic carbocycles. The van der Waals surface area contributed by atoms with E-state index in [0.717, 1.165) is 37.5 Å². The summed E-state index contributed by atoms with van der Waals surface area (Å²) in [7, 11) is -3.64. The lowest BCUT2D eigenvalue weighted by atomic mass is 9.84. The van der Waals surface area contributed by atoms with Gasteiger partial charge in [0, 0.05) is 24.6 Å². The summed E-state index contributed by atoms with van der Waals surface area (Å²) < 4.78 is 74.9. The van der Waals surface area contributed by atoms with Gasteiger partial charge in [0.1, 0.15) is 12.1 Å². The summed E-state index contributed by atoms with van der Waals surface area (Å²) in [5.41, 5.74) is -0.406. The van der Waals surface area contributed by atoms with E-state index in [1.165, 1.54) is 6.92 Å². The summed E-state index contributed by atoms with van der Waals surface area (Å²) in [6, 6.07) is 16.0. The highest BCUT2D eigenvalue weighted by molar-refractivity contribution is 7.89. The van der Waals surface area contributed by atoms with E-state index in [9.17, 15) is 51.2 Å². The first-order valence-corrected chi connectivity index (χ1v) is 16.6. The molecule has 0 heterocycles. The van der Waals surface area contributed by atoms with Crippen molar-refractivity contribution < 1.29 is 50.7 Å². The molecule has 1 unspecified atom stereocenters. The summed E-state index contributed by atoms with van der Waals surface area (Å²) in [5.74, 6) is -4.21. The summed E-state index contributed by atoms with van der Waals surface area (Å²) in [6.07, 6.45) is -6.96. The van der Waals surface area contributed by atoms with E-state index in [-0.39, 0.29) is 6.42 Å². The average Bonchev–Trinajstić information content (AvgIpc) is 3.08. The van der Waals surface area contributed by atoms with E-state index >= 15 is 0 Å². The lowest BCUT2D eigenvalue weighted by Gasteiger charge is -2.30. The van der Waals surface area contributed by atoms with E-state index in [1.807, 2.05) is 5.32 Å². The number of carbonyl (C=O) groups excluding carboxylic acids is 3. The van der Waals surface area contributed by atoms with E-state index in [4.69, 9.17) is 0 Å². The SMILES string of the molecule is CCCN(C(=CCCC(NC(=O)[C@@H](NC(=O)OC)C(c1ccccc1)c1ccccc1)C(F)(F)F)C(=O)[O-])S(=O)(=O)c1ccc([N+](=O)[O-])cc1. The summed E-state index contributed by atoms with van der Waals surface area (Å²) in [4.78, 5) is 47.9. The van der Waals surface area contributed by atoms with Gasteiger partial charge in [-0.2, -0.15) is 13.2 Å². The molecule has 0 aliphatic rings. The number of hydrogen-bond donors (Lipinski definition) is 2. The van der Waals surface area contributed by atoms with Gasteiger partial charge in [-0.1, -0.05) is 73.7 Å². The summed E-state index contributed by atoms with van der Waals surface area (Å²) >= 11 is 0. The molecule has 0 spiro atoms. The Labute approximate surface area is 285 Å². The maximum atomic E-state index is 14.4. The molecular formula is C33H34F3N4O9S-. The number of carboxylic acids is 1. The van der Waals surface area contributed by atoms with Crippen molar-refractivity contribution in [3.05, 3.63) is 118 Å². The number of allylic oxidation sites excluding steroid dienone is 1. The van der Waals surface area contributed by atoms with Crippen LogP contribution in [0.2, 0.25) is 0 Å². The highest BCUT2D eigenvalue weighted by Gasteiger charge is 2.43. The Morgan fingerprint density at radius 2 is 1.48 bits per heavy atom. The number of nitro benzene ring substituents is 1. The van der Waals surface area contributed by atoms with Gasteiger partial charge in [-0.05, 0) is 42.5 Å². The van der Waals surface area contributed by atoms with Gasteiger partial charge in [-0.15, -0.1) is 0 Å². The molecule has 50 heavy (non-hydrogen) atoms. The van der Waals surface area contributed by atoms with Gasteiger partial charge >= 0.3 is 12.3 Å². The minimum absolute atomic E-state index is 0.0800. The van der Waals surface area contributed by atoms with Crippen molar-refractivity contribution in [3.63, 3.8) is 0 Å². The zero-order valence-corrected chi connectivity index (χ0v) is 27.6. The first-order valence-electron chi connectivity index (χ1n) is 15.1. The zero-order valence-electron chi connectivity index (χ0n) is 26.8. The molecule has 3 aromatic rings. The Morgan fingerprint density at radius 1 is 0.940 bits per heavy atom. The maximum Gasteiger partial charge on any atom is 0.408 e. The van der Waals surface area contributed by atoms with Crippen LogP contribution in [-0.4, -0.2) is 67.5 Å². The number of halogens is 3. The lowest BCUT2D eigenvalue weighted by molar-refractivity contribution is -0.384. The second-order valence-electron chi connectivity index (χ2n) is 10.8. The zero-order chi connectivity index (χ0) is 37.1. The Morgan fingerprint density at radius 3 is 1.92 bits per heavy atom. The van der Waals surface area contributed by atoms with Crippen LogP contribution in [0.4, 0.5) is 23.7 Å². The number of non-ortho nitro benzene ring substituents is 1. The smallest absolute Gasteiger partial charge is 0.408 e. The fourth-order valence-electron chi connectivity index (χ4n) is 5.08. The summed E-state index contributed by atoms with van der Waals surface area (Å²) in [6.45, 7) is 1.11. The van der Waals surface area contributed by atoms with Crippen LogP contribution in [0.1, 0.15) is 43.2 Å². The lowest BCUT2D eigenvalue weighted by Crippen LogP contribution is -2.55. The highest BCUT2D eigenvalue weighted by Crippen LogP contribution is 2.31. The number of amides is 2. The number of nitrogens with one attached hydrogen (secondary N) is 2. The number of nitro groups is 1. The molecule has 0 aliphatic carbocycles. The van der Waals surface area contributed by atoms with Crippen molar-refractivity contribution in [1.29, 1.82) is 0 Å². The Balaban J connectivity index is 1.95. The fraction of sp³-hybridized carbons (Fsp3) is 0.303. The number of hydrogen-bond acceptors (Lipinski definition) is 9. The monoisotopic (exact) mass is 719 g/mol. The first kappa shape index (κ1) is 39.0. The molecule has 3 rings (SSSR count). The number of rotatable bonds is 16. The molecule has 17 heteroatoms. The molecule has 2 atom stereocenters. The molecule has 0 radical (unpaired) electrons. The molecular weight excluding hydrogens is 685 g/mol. The van der Waals surface area contributed by atoms with Crippen LogP contribution in [-0.2, 0) is 24.3 Å². The second kappa shape index (κ2) is 17.3. The Hall–Kier alpha value is -5.45. The highest BCUT2D eigenvalue weighted by atomic mass is 32.2. The second-order valence-corrected chi connectivity index (χ2v) is 12.7. The number of aliphatic carboxylic acids is 1. The van der Waals surface area contributed by atoms with E-state index in [2.05, 4.69) is 10.1 Å². The predicted octanol–water partition coefficient (Wildman–Crippen LogP) is 4.01. The number of benzene rings is 3. The number of alkyl halides is 3. The van der Waals surface area contributed by atoms with Crippen LogP contribution < -0.4 is 15.7 Å². The minimum atomic E-state index is -5.07. The standard InChI is InChI=1S/C33H35F3N4O9S/c1-3-21-39(50(47,48)25-19-17-24(18-20-25)40(45)46)26(31(42)43)15-10-16-27(33(34,35)36)37-30(41)29(38-32(44)49-2)28(22-11-6-4-7-12-22)23-13-8-5-9-14-23/h4-9,11-15,17-20,27-29H,3,10,16,21H2,1-2H3,(H,37,41)(H,38,44)(H,42,43)/p-1/t27?,29-/m0/s1. The molecule has 0 bridgehead atoms. The Bertz CT molecular complexity index is 1730. The maximum absolute atomic E-state index is 14.4. The third kappa shape index (κ3) is 10.0. The van der Waals surface area contributed by atoms with E-state index in [1.54, 1.807) is 60.7 Å². The number of methoxy groups -OCH3 is 1. The van der Waals surface area contributed by atoms with Gasteiger partial charge in [0.05, 0.1) is 28.6 Å². The van der Waals surface area contributed by atoms with Crippen molar-refractivity contribution in [2.75, 3.05) is 13.7 Å². The van der Waals surface area contributed by atoms with Crippen LogP contribution in [0, 0.1) is 10.1 Å². The van der Waals surface area contributed by atoms with Crippen molar-refractivity contribution >= 4 is 33.7 Å². The van der Waals surface area contributed by atoms with Crippen molar-refractivity contribution in [3.8, 4) is 0 Å². The van der Waals surface area contributed by atoms with Gasteiger partial charge in [-0.3, -0.25) is 19.2 Å². The number of sulfonamides is 1. The van der Waals surface area contributed by atoms with E-state index in [0.29, 0.717) is 15.4 Å². The normalized spacial score (nSPS) is 13.2. The third-order valence-electron chi connectivity index (χ3n) is 7.44. The Kier molecular flexibility index (Phi) is 13.5. The molecule has 2 amide bonds. The van der Waals surface area contributed by atoms with Crippen LogP contribution in [0.25, 0.3) is 0 Å². The van der Waals surface area contributed by atoms with Crippen LogP contribution in [0.3, 0.4) is 0 Å². The fourth-order valence-corrected chi connectivity index (χ4v) is 6.64. The largest absolute Gasteiger partial charge is 0.543 e. The molecule has 0 saturated carbocycles. The topological polar surface area (TPSA) is 188 Å². The van der Waals surface area contributed by atoms with Crippen molar-refractivity contribution in [2.24, 2.45) is 0 Å². The number of ether oxygens (including phenoxy) is 1. The van der Waals surface area contributed by atoms with Gasteiger partial charge in [0.2, 0.25) is 5.91 Å². The van der Waals surface area contributed by atoms with Crippen LogP contribution in [0.5, 0.6) is 0 Å². The van der Waals surface area contributed by atoms with Crippen LogP contribution >= 0.6 is 0 Å². The molecule has 0 fully saturated rings. The molecule has 0 aromatic heterocycles. The van der Waals surface area contributed by atoms with Gasteiger partial charge in [-0.25, -0.2) is 13.2 Å². The summed E-state index contributed by atoms with van der Waals surface area (Å²) in [5, 5.41) is 27.4. The molecule has 0 saturated heterocycles. The molecule has 2 N–H and O–H groups in total. The van der Waals surface area contributed by atoms with Gasteiger partial charge in [0.15, 0.2) is 0 Å². The minimum Gasteiger partial charge on any atom is -0.543 e.